The van der Waals surface area contributed by atoms with Gasteiger partial charge in [0.05, 0.1) is 11.4 Å². The molecule has 0 aliphatic heterocycles. The second-order valence-corrected chi connectivity index (χ2v) is 8.96. The summed E-state index contributed by atoms with van der Waals surface area (Å²) in [6, 6.07) is 5.99. The van der Waals surface area contributed by atoms with Gasteiger partial charge in [-0.1, -0.05) is 0 Å². The summed E-state index contributed by atoms with van der Waals surface area (Å²) in [5, 5.41) is 2.43. The fourth-order valence-corrected chi connectivity index (χ4v) is 4.08. The zero-order valence-electron chi connectivity index (χ0n) is 13.5. The zero-order chi connectivity index (χ0) is 19.1. The Balaban J connectivity index is 1.94. The van der Waals surface area contributed by atoms with Gasteiger partial charge >= 0.3 is 0 Å². The molecule has 1 fully saturated rings. The van der Waals surface area contributed by atoms with Crippen molar-refractivity contribution in [3.63, 3.8) is 0 Å². The third kappa shape index (κ3) is 4.41. The van der Waals surface area contributed by atoms with Crippen LogP contribution >= 0.6 is 22.6 Å². The average molecular weight is 497 g/mol. The van der Waals surface area contributed by atoms with Crippen LogP contribution in [0.25, 0.3) is 0 Å². The van der Waals surface area contributed by atoms with Crippen molar-refractivity contribution in [3.8, 4) is 0 Å². The van der Waals surface area contributed by atoms with Crippen molar-refractivity contribution in [2.24, 2.45) is 0 Å². The van der Waals surface area contributed by atoms with Crippen molar-refractivity contribution in [1.82, 2.24) is 4.72 Å². The summed E-state index contributed by atoms with van der Waals surface area (Å²) in [6.45, 7) is 1.73. The molecule has 3 rings (SSSR count). The van der Waals surface area contributed by atoms with E-state index >= 15 is 0 Å². The molecule has 0 heterocycles. The van der Waals surface area contributed by atoms with Crippen LogP contribution in [0, 0.1) is 21.0 Å². The molecule has 0 amide bonds. The van der Waals surface area contributed by atoms with Crippen molar-refractivity contribution in [2.75, 3.05) is 10.0 Å². The third-order valence-corrected chi connectivity index (χ3v) is 5.83. The van der Waals surface area contributed by atoms with E-state index < -0.39 is 38.9 Å². The normalized spacial score (nSPS) is 15.6. The van der Waals surface area contributed by atoms with Crippen molar-refractivity contribution >= 4 is 49.9 Å². The molecular weight excluding hydrogens is 482 g/mol. The number of hydrogen-bond acceptors (Lipinski definition) is 3. The van der Waals surface area contributed by atoms with Crippen LogP contribution in [0.3, 0.4) is 0 Å². The third-order valence-electron chi connectivity index (χ3n) is 3.91. The van der Waals surface area contributed by atoms with Gasteiger partial charge in [-0.05, 0) is 72.7 Å². The fraction of sp³-hybridized carbons (Fsp3) is 0.250. The maximum atomic E-state index is 14.3. The van der Waals surface area contributed by atoms with E-state index in [1.807, 2.05) is 22.6 Å². The number of halogens is 4. The molecule has 3 N–H and O–H groups in total. The van der Waals surface area contributed by atoms with Crippen molar-refractivity contribution in [2.45, 2.75) is 25.3 Å². The second-order valence-electron chi connectivity index (χ2n) is 6.30. The highest BCUT2D eigenvalue weighted by Crippen LogP contribution is 2.36. The van der Waals surface area contributed by atoms with Gasteiger partial charge in [0.2, 0.25) is 0 Å². The molecule has 0 saturated heterocycles. The lowest BCUT2D eigenvalue weighted by molar-refractivity contribution is 0.512. The minimum Gasteiger partial charge on any atom is -0.349 e. The molecule has 26 heavy (non-hydrogen) atoms. The van der Waals surface area contributed by atoms with Gasteiger partial charge in [-0.25, -0.2) is 13.2 Å². The molecule has 5 nitrogen and oxygen atoms in total. The molecule has 1 aliphatic carbocycles. The predicted molar refractivity (Wildman–Crippen MR) is 102 cm³/mol. The van der Waals surface area contributed by atoms with E-state index in [9.17, 15) is 21.6 Å². The summed E-state index contributed by atoms with van der Waals surface area (Å²) >= 11 is 1.91. The standard InChI is InChI=1S/C16H15F3IN3O2S/c1-16(6-7-16)23-26(24,25)22-13-5-3-10(17)14(19)15(13)21-12-4-2-9(20)8-11(12)18/h2-5,8,21-23H,6-7H2,1H3. The van der Waals surface area contributed by atoms with E-state index in [1.54, 1.807) is 13.0 Å². The van der Waals surface area contributed by atoms with Gasteiger partial charge in [-0.2, -0.15) is 13.1 Å². The molecule has 1 aliphatic rings. The van der Waals surface area contributed by atoms with Gasteiger partial charge in [-0.3, -0.25) is 4.72 Å². The predicted octanol–water partition coefficient (Wildman–Crippen LogP) is 4.25. The van der Waals surface area contributed by atoms with E-state index in [4.69, 9.17) is 0 Å². The Morgan fingerprint density at radius 3 is 2.31 bits per heavy atom. The van der Waals surface area contributed by atoms with Crippen molar-refractivity contribution < 1.29 is 21.6 Å². The van der Waals surface area contributed by atoms with Crippen LogP contribution in [-0.2, 0) is 10.2 Å². The first kappa shape index (κ1) is 19.2. The molecule has 0 aromatic heterocycles. The number of rotatable bonds is 6. The summed E-state index contributed by atoms with van der Waals surface area (Å²) in [5.74, 6) is -3.19. The first-order valence-corrected chi connectivity index (χ1v) is 10.2. The van der Waals surface area contributed by atoms with Gasteiger partial charge in [0.1, 0.15) is 11.5 Å². The first-order chi connectivity index (χ1) is 12.1. The topological polar surface area (TPSA) is 70.2 Å². The molecule has 140 valence electrons. The molecule has 0 spiro atoms. The maximum Gasteiger partial charge on any atom is 0.299 e. The monoisotopic (exact) mass is 497 g/mol. The summed E-state index contributed by atoms with van der Waals surface area (Å²) in [5.41, 5.74) is -1.40. The van der Waals surface area contributed by atoms with Crippen molar-refractivity contribution in [1.29, 1.82) is 0 Å². The Bertz CT molecular complexity index is 965. The van der Waals surface area contributed by atoms with Gasteiger partial charge in [0, 0.05) is 9.11 Å². The molecule has 0 atom stereocenters. The minimum atomic E-state index is -4.02. The van der Waals surface area contributed by atoms with Crippen LogP contribution in [0.1, 0.15) is 19.8 Å². The number of benzene rings is 2. The highest BCUT2D eigenvalue weighted by molar-refractivity contribution is 14.1. The average Bonchev–Trinajstić information content (AvgIpc) is 3.24. The molecule has 0 unspecified atom stereocenters. The van der Waals surface area contributed by atoms with Gasteiger partial charge < -0.3 is 5.32 Å². The first-order valence-electron chi connectivity index (χ1n) is 7.60. The smallest absolute Gasteiger partial charge is 0.299 e. The van der Waals surface area contributed by atoms with E-state index in [-0.39, 0.29) is 11.4 Å². The quantitative estimate of drug-likeness (QED) is 0.523. The number of nitrogens with one attached hydrogen (secondary N) is 3. The van der Waals surface area contributed by atoms with Crippen LogP contribution in [0.2, 0.25) is 0 Å². The van der Waals surface area contributed by atoms with Gasteiger partial charge in [0.15, 0.2) is 11.6 Å². The highest BCUT2D eigenvalue weighted by Gasteiger charge is 2.41. The Morgan fingerprint density at radius 2 is 1.69 bits per heavy atom. The lowest BCUT2D eigenvalue weighted by atomic mass is 10.2. The molecule has 1 saturated carbocycles. The summed E-state index contributed by atoms with van der Waals surface area (Å²) in [6.07, 6.45) is 1.37. The molecule has 0 bridgehead atoms. The summed E-state index contributed by atoms with van der Waals surface area (Å²) in [7, 11) is -4.02. The second kappa shape index (κ2) is 6.89. The SMILES string of the molecule is CC1(NS(=O)(=O)Nc2ccc(F)c(F)c2Nc2ccc(I)cc2F)CC1. The zero-order valence-corrected chi connectivity index (χ0v) is 16.5. The van der Waals surface area contributed by atoms with Crippen LogP contribution < -0.4 is 14.8 Å². The Labute approximate surface area is 162 Å². The van der Waals surface area contributed by atoms with Crippen LogP contribution in [-0.4, -0.2) is 14.0 Å². The Kier molecular flexibility index (Phi) is 5.10. The lowest BCUT2D eigenvalue weighted by Crippen LogP contribution is -2.38. The van der Waals surface area contributed by atoms with E-state index in [1.165, 1.54) is 12.1 Å². The Hall–Kier alpha value is -1.53. The number of hydrogen-bond donors (Lipinski definition) is 3. The molecule has 10 heteroatoms. The van der Waals surface area contributed by atoms with Crippen LogP contribution in [0.5, 0.6) is 0 Å². The molecule has 0 radical (unpaired) electrons. The summed E-state index contributed by atoms with van der Waals surface area (Å²) < 4.78 is 71.6. The number of anilines is 3. The fourth-order valence-electron chi connectivity index (χ4n) is 2.27. The lowest BCUT2D eigenvalue weighted by Gasteiger charge is -2.18. The molecular formula is C16H15F3IN3O2S. The van der Waals surface area contributed by atoms with E-state index in [0.717, 1.165) is 12.1 Å². The Morgan fingerprint density at radius 1 is 1.04 bits per heavy atom. The summed E-state index contributed by atoms with van der Waals surface area (Å²) in [4.78, 5) is 0. The van der Waals surface area contributed by atoms with E-state index in [2.05, 4.69) is 14.8 Å². The maximum absolute atomic E-state index is 14.3. The van der Waals surface area contributed by atoms with Gasteiger partial charge in [-0.15, -0.1) is 0 Å². The van der Waals surface area contributed by atoms with Gasteiger partial charge in [0.25, 0.3) is 10.2 Å². The largest absolute Gasteiger partial charge is 0.349 e. The highest BCUT2D eigenvalue weighted by atomic mass is 127. The minimum absolute atomic E-state index is 0.113. The van der Waals surface area contributed by atoms with Crippen LogP contribution in [0.15, 0.2) is 30.3 Å². The van der Waals surface area contributed by atoms with Crippen LogP contribution in [0.4, 0.5) is 30.2 Å². The molecule has 2 aromatic rings. The van der Waals surface area contributed by atoms with E-state index in [0.29, 0.717) is 16.4 Å². The molecule has 2 aromatic carbocycles. The van der Waals surface area contributed by atoms with Crippen molar-refractivity contribution in [3.05, 3.63) is 51.4 Å².